The van der Waals surface area contributed by atoms with Crippen molar-refractivity contribution in [2.45, 2.75) is 18.6 Å². The number of hydrogen-bond acceptors (Lipinski definition) is 6. The maximum Gasteiger partial charge on any atom is 0.248 e. The van der Waals surface area contributed by atoms with Crippen LogP contribution in [0.15, 0.2) is 60.9 Å². The molecule has 2 aromatic rings. The third kappa shape index (κ3) is 4.60. The van der Waals surface area contributed by atoms with Crippen LogP contribution in [0.5, 0.6) is 5.75 Å². The molecule has 31 heavy (non-hydrogen) atoms. The molecule has 3 heterocycles. The van der Waals surface area contributed by atoms with E-state index in [1.54, 1.807) is 42.0 Å². The average Bonchev–Trinajstić information content (AvgIpc) is 3.29. The first-order valence-electron chi connectivity index (χ1n) is 10.3. The minimum atomic E-state index is -0.737. The predicted octanol–water partition coefficient (Wildman–Crippen LogP) is 1.58. The van der Waals surface area contributed by atoms with Crippen molar-refractivity contribution in [1.82, 2.24) is 20.3 Å². The van der Waals surface area contributed by atoms with Crippen LogP contribution >= 0.6 is 0 Å². The molecule has 8 nitrogen and oxygen atoms in total. The molecule has 8 heteroatoms. The van der Waals surface area contributed by atoms with Crippen molar-refractivity contribution in [2.75, 3.05) is 26.7 Å². The molecule has 1 aromatic carbocycles. The number of benzene rings is 1. The standard InChI is InChI=1S/C23H26N4O4/c1-26-15-19(31-18-8-5-10-24-13-18)12-20(22(28)25-30)21(26)23(29)27-11-9-17(14-27)16-6-3-2-4-7-16/h2-10,13,19-21,30H,11-12,14-15H2,1H3,(H,25,28). The number of carbonyl (C=O) groups is 2. The zero-order valence-electron chi connectivity index (χ0n) is 17.3. The van der Waals surface area contributed by atoms with E-state index in [0.717, 1.165) is 11.1 Å². The number of rotatable bonds is 5. The lowest BCUT2D eigenvalue weighted by Crippen LogP contribution is -2.60. The van der Waals surface area contributed by atoms with Gasteiger partial charge in [0.15, 0.2) is 0 Å². The first-order valence-corrected chi connectivity index (χ1v) is 10.3. The third-order valence-electron chi connectivity index (χ3n) is 5.88. The van der Waals surface area contributed by atoms with Gasteiger partial charge < -0.3 is 9.64 Å². The first-order chi connectivity index (χ1) is 15.1. The molecule has 1 saturated heterocycles. The number of nitrogens with one attached hydrogen (secondary N) is 1. The maximum atomic E-state index is 13.4. The van der Waals surface area contributed by atoms with Crippen LogP contribution in [0.4, 0.5) is 0 Å². The second kappa shape index (κ2) is 9.28. The minimum Gasteiger partial charge on any atom is -0.487 e. The average molecular weight is 422 g/mol. The van der Waals surface area contributed by atoms with Crippen molar-refractivity contribution < 1.29 is 19.5 Å². The summed E-state index contributed by atoms with van der Waals surface area (Å²) in [7, 11) is 1.81. The molecule has 3 atom stereocenters. The molecule has 0 saturated carbocycles. The lowest BCUT2D eigenvalue weighted by Gasteiger charge is -2.42. The molecule has 162 valence electrons. The van der Waals surface area contributed by atoms with Gasteiger partial charge in [0, 0.05) is 25.8 Å². The van der Waals surface area contributed by atoms with Crippen LogP contribution in [-0.2, 0) is 9.59 Å². The monoisotopic (exact) mass is 422 g/mol. The number of amides is 2. The third-order valence-corrected chi connectivity index (χ3v) is 5.88. The van der Waals surface area contributed by atoms with E-state index in [9.17, 15) is 14.8 Å². The molecule has 0 bridgehead atoms. The van der Waals surface area contributed by atoms with Crippen molar-refractivity contribution in [2.24, 2.45) is 5.92 Å². The van der Waals surface area contributed by atoms with Gasteiger partial charge in [-0.15, -0.1) is 0 Å². The Morgan fingerprint density at radius 3 is 2.71 bits per heavy atom. The van der Waals surface area contributed by atoms with Crippen LogP contribution < -0.4 is 10.2 Å². The zero-order valence-corrected chi connectivity index (χ0v) is 17.3. The highest BCUT2D eigenvalue weighted by atomic mass is 16.5. The molecule has 0 aliphatic carbocycles. The van der Waals surface area contributed by atoms with Crippen LogP contribution in [0.25, 0.3) is 5.57 Å². The maximum absolute atomic E-state index is 13.4. The summed E-state index contributed by atoms with van der Waals surface area (Å²) in [6.45, 7) is 1.47. The lowest BCUT2D eigenvalue weighted by atomic mass is 9.86. The highest BCUT2D eigenvalue weighted by molar-refractivity contribution is 5.91. The van der Waals surface area contributed by atoms with Crippen LogP contribution in [0.3, 0.4) is 0 Å². The van der Waals surface area contributed by atoms with E-state index < -0.39 is 17.9 Å². The summed E-state index contributed by atoms with van der Waals surface area (Å²) in [6, 6.07) is 12.8. The fraction of sp³-hybridized carbons (Fsp3) is 0.348. The molecule has 2 aliphatic rings. The van der Waals surface area contributed by atoms with E-state index in [2.05, 4.69) is 4.98 Å². The molecular formula is C23H26N4O4. The Hall–Kier alpha value is -3.23. The van der Waals surface area contributed by atoms with Gasteiger partial charge in [0.2, 0.25) is 11.8 Å². The van der Waals surface area contributed by atoms with Gasteiger partial charge in [-0.25, -0.2) is 5.48 Å². The smallest absolute Gasteiger partial charge is 0.248 e. The molecular weight excluding hydrogens is 396 g/mol. The normalized spacial score (nSPS) is 23.9. The molecule has 0 radical (unpaired) electrons. The summed E-state index contributed by atoms with van der Waals surface area (Å²) < 4.78 is 5.98. The number of carbonyl (C=O) groups excluding carboxylic acids is 2. The Morgan fingerprint density at radius 2 is 2.00 bits per heavy atom. The van der Waals surface area contributed by atoms with Gasteiger partial charge in [-0.2, -0.15) is 0 Å². The number of likely N-dealkylation sites (tertiary alicyclic amines) is 1. The summed E-state index contributed by atoms with van der Waals surface area (Å²) in [5.41, 5.74) is 3.91. The molecule has 0 spiro atoms. The van der Waals surface area contributed by atoms with E-state index in [1.807, 2.05) is 41.3 Å². The number of ether oxygens (including phenoxy) is 1. The highest BCUT2D eigenvalue weighted by Gasteiger charge is 2.45. The second-order valence-electron chi connectivity index (χ2n) is 7.95. The first kappa shape index (κ1) is 21.0. The quantitative estimate of drug-likeness (QED) is 0.561. The zero-order chi connectivity index (χ0) is 21.8. The van der Waals surface area contributed by atoms with E-state index >= 15 is 0 Å². The van der Waals surface area contributed by atoms with E-state index in [4.69, 9.17) is 4.74 Å². The number of pyridine rings is 1. The van der Waals surface area contributed by atoms with Crippen molar-refractivity contribution in [3.63, 3.8) is 0 Å². The van der Waals surface area contributed by atoms with Gasteiger partial charge in [-0.1, -0.05) is 36.4 Å². The summed E-state index contributed by atoms with van der Waals surface area (Å²) in [5.74, 6) is -0.845. The predicted molar refractivity (Wildman–Crippen MR) is 114 cm³/mol. The van der Waals surface area contributed by atoms with Gasteiger partial charge in [-0.05, 0) is 36.7 Å². The Morgan fingerprint density at radius 1 is 1.19 bits per heavy atom. The topological polar surface area (TPSA) is 95.0 Å². The van der Waals surface area contributed by atoms with E-state index in [0.29, 0.717) is 31.8 Å². The SMILES string of the molecule is CN1CC(Oc2cccnc2)CC(C(=O)NO)C1C(=O)N1CC=C(c2ccccc2)C1. The fourth-order valence-corrected chi connectivity index (χ4v) is 4.39. The van der Waals surface area contributed by atoms with Gasteiger partial charge in [0.1, 0.15) is 17.9 Å². The second-order valence-corrected chi connectivity index (χ2v) is 7.95. The van der Waals surface area contributed by atoms with Crippen molar-refractivity contribution in [3.05, 3.63) is 66.5 Å². The number of nitrogens with zero attached hydrogens (tertiary/aromatic N) is 3. The number of piperidine rings is 1. The van der Waals surface area contributed by atoms with Crippen LogP contribution in [0, 0.1) is 5.92 Å². The van der Waals surface area contributed by atoms with Crippen LogP contribution in [0.1, 0.15) is 12.0 Å². The van der Waals surface area contributed by atoms with Gasteiger partial charge in [-0.3, -0.25) is 24.7 Å². The molecule has 3 unspecified atom stereocenters. The number of aromatic nitrogens is 1. The van der Waals surface area contributed by atoms with Crippen molar-refractivity contribution >= 4 is 17.4 Å². The molecule has 2 amide bonds. The lowest BCUT2D eigenvalue weighted by molar-refractivity contribution is -0.150. The molecule has 1 fully saturated rings. The Labute approximate surface area is 181 Å². The molecule has 4 rings (SSSR count). The van der Waals surface area contributed by atoms with Gasteiger partial charge in [0.25, 0.3) is 0 Å². The van der Waals surface area contributed by atoms with Crippen molar-refractivity contribution in [3.8, 4) is 5.75 Å². The van der Waals surface area contributed by atoms with Gasteiger partial charge >= 0.3 is 0 Å². The summed E-state index contributed by atoms with van der Waals surface area (Å²) in [6.07, 6.45) is 5.32. The molecule has 2 N–H and O–H groups in total. The van der Waals surface area contributed by atoms with Gasteiger partial charge in [0.05, 0.1) is 12.1 Å². The molecule has 1 aromatic heterocycles. The number of likely N-dealkylation sites (N-methyl/N-ethyl adjacent to an activating group) is 1. The highest BCUT2D eigenvalue weighted by Crippen LogP contribution is 2.29. The molecule has 2 aliphatic heterocycles. The van der Waals surface area contributed by atoms with E-state index in [1.165, 1.54) is 0 Å². The Kier molecular flexibility index (Phi) is 6.29. The largest absolute Gasteiger partial charge is 0.487 e. The van der Waals surface area contributed by atoms with E-state index in [-0.39, 0.29) is 12.0 Å². The van der Waals surface area contributed by atoms with Crippen LogP contribution in [0.2, 0.25) is 0 Å². The number of hydroxylamine groups is 1. The van der Waals surface area contributed by atoms with Crippen LogP contribution in [-0.4, -0.2) is 70.6 Å². The van der Waals surface area contributed by atoms with Crippen molar-refractivity contribution in [1.29, 1.82) is 0 Å². The summed E-state index contributed by atoms with van der Waals surface area (Å²) in [4.78, 5) is 33.5. The number of hydrogen-bond donors (Lipinski definition) is 2. The Balaban J connectivity index is 1.47. The fourth-order valence-electron chi connectivity index (χ4n) is 4.39. The minimum absolute atomic E-state index is 0.127. The summed E-state index contributed by atoms with van der Waals surface area (Å²) >= 11 is 0. The Bertz CT molecular complexity index is 951. The summed E-state index contributed by atoms with van der Waals surface area (Å²) in [5, 5.41) is 9.30.